The van der Waals surface area contributed by atoms with Crippen LogP contribution in [0.25, 0.3) is 22.2 Å². The van der Waals surface area contributed by atoms with Crippen LogP contribution in [0.15, 0.2) is 52.4 Å². The molecule has 26 heavy (non-hydrogen) atoms. The van der Waals surface area contributed by atoms with Gasteiger partial charge in [0.1, 0.15) is 16.3 Å². The van der Waals surface area contributed by atoms with E-state index in [9.17, 15) is 18.0 Å². The highest BCUT2D eigenvalue weighted by Gasteiger charge is 2.17. The van der Waals surface area contributed by atoms with Gasteiger partial charge in [0, 0.05) is 17.0 Å². The summed E-state index contributed by atoms with van der Waals surface area (Å²) in [7, 11) is 0. The van der Waals surface area contributed by atoms with Crippen LogP contribution < -0.4 is 4.74 Å². The van der Waals surface area contributed by atoms with Crippen molar-refractivity contribution in [3.05, 3.63) is 70.2 Å². The molecule has 0 amide bonds. The van der Waals surface area contributed by atoms with Crippen LogP contribution in [0.5, 0.6) is 5.75 Å². The number of aromatic nitrogens is 1. The molecule has 4 rings (SSSR count). The normalized spacial score (nSPS) is 11.0. The third kappa shape index (κ3) is 2.84. The van der Waals surface area contributed by atoms with Gasteiger partial charge in [-0.25, -0.2) is 18.0 Å². The van der Waals surface area contributed by atoms with E-state index in [1.54, 1.807) is 17.5 Å². The fourth-order valence-corrected chi connectivity index (χ4v) is 3.03. The van der Waals surface area contributed by atoms with Gasteiger partial charge in [-0.3, -0.25) is 0 Å². The Hall–Kier alpha value is -3.13. The summed E-state index contributed by atoms with van der Waals surface area (Å²) in [6.45, 7) is 0. The molecule has 8 heteroatoms. The standard InChI is InChI=1S/C18H8F3NO3S/c19-12-6-9(7-13(20)16(12)21)17-11-4-3-10(8-14(11)25-22-17)24-18(23)15-2-1-5-26-15/h1-8H. The number of nitrogens with zero attached hydrogens (tertiary/aromatic N) is 1. The number of ether oxygens (including phenoxy) is 1. The molecule has 0 aliphatic heterocycles. The van der Waals surface area contributed by atoms with Gasteiger partial charge in [-0.2, -0.15) is 0 Å². The van der Waals surface area contributed by atoms with Gasteiger partial charge >= 0.3 is 5.97 Å². The van der Waals surface area contributed by atoms with Crippen LogP contribution in [0.1, 0.15) is 9.67 Å². The first kappa shape index (κ1) is 16.3. The second kappa shape index (κ2) is 6.30. The summed E-state index contributed by atoms with van der Waals surface area (Å²) in [5.74, 6) is -4.48. The van der Waals surface area contributed by atoms with Gasteiger partial charge in [-0.05, 0) is 35.7 Å². The lowest BCUT2D eigenvalue weighted by Gasteiger charge is -2.03. The van der Waals surface area contributed by atoms with E-state index >= 15 is 0 Å². The number of esters is 1. The van der Waals surface area contributed by atoms with Crippen molar-refractivity contribution in [3.8, 4) is 17.0 Å². The number of carbonyl (C=O) groups excluding carboxylic acids is 1. The number of thiophene rings is 1. The number of benzene rings is 2. The molecule has 0 N–H and O–H groups in total. The Morgan fingerprint density at radius 1 is 1.08 bits per heavy atom. The second-order valence-corrected chi connectivity index (χ2v) is 6.26. The minimum absolute atomic E-state index is 0.0310. The maximum Gasteiger partial charge on any atom is 0.353 e. The van der Waals surface area contributed by atoms with Crippen LogP contribution in [-0.4, -0.2) is 11.1 Å². The van der Waals surface area contributed by atoms with Crippen molar-refractivity contribution in [2.75, 3.05) is 0 Å². The van der Waals surface area contributed by atoms with Crippen LogP contribution in [0.3, 0.4) is 0 Å². The van der Waals surface area contributed by atoms with Crippen molar-refractivity contribution in [2.24, 2.45) is 0 Å². The SMILES string of the molecule is O=C(Oc1ccc2c(-c3cc(F)c(F)c(F)c3)noc2c1)c1cccs1. The number of hydrogen-bond donors (Lipinski definition) is 0. The molecule has 0 aliphatic carbocycles. The summed E-state index contributed by atoms with van der Waals surface area (Å²) in [5, 5.41) is 5.97. The minimum atomic E-state index is -1.55. The molecule has 4 nitrogen and oxygen atoms in total. The van der Waals surface area contributed by atoms with E-state index in [0.717, 1.165) is 12.1 Å². The van der Waals surface area contributed by atoms with Crippen molar-refractivity contribution in [3.63, 3.8) is 0 Å². The van der Waals surface area contributed by atoms with Gasteiger partial charge < -0.3 is 9.26 Å². The summed E-state index contributed by atoms with van der Waals surface area (Å²) in [5.41, 5.74) is 0.430. The van der Waals surface area contributed by atoms with Crippen LogP contribution in [-0.2, 0) is 0 Å². The zero-order valence-electron chi connectivity index (χ0n) is 12.8. The van der Waals surface area contributed by atoms with E-state index in [0.29, 0.717) is 10.3 Å². The number of carbonyl (C=O) groups is 1. The summed E-state index contributed by atoms with van der Waals surface area (Å²) in [4.78, 5) is 12.4. The van der Waals surface area contributed by atoms with Crippen molar-refractivity contribution in [2.45, 2.75) is 0 Å². The Morgan fingerprint density at radius 2 is 1.85 bits per heavy atom. The largest absolute Gasteiger partial charge is 0.422 e. The molecule has 0 saturated heterocycles. The lowest BCUT2D eigenvalue weighted by atomic mass is 10.1. The summed E-state index contributed by atoms with van der Waals surface area (Å²) in [6.07, 6.45) is 0. The fourth-order valence-electron chi connectivity index (χ4n) is 2.43. The van der Waals surface area contributed by atoms with Gasteiger partial charge in [0.15, 0.2) is 23.0 Å². The van der Waals surface area contributed by atoms with E-state index < -0.39 is 23.4 Å². The molecule has 0 atom stereocenters. The summed E-state index contributed by atoms with van der Waals surface area (Å²) in [6, 6.07) is 9.51. The molecular formula is C18H8F3NO3S. The monoisotopic (exact) mass is 375 g/mol. The maximum absolute atomic E-state index is 13.4. The van der Waals surface area contributed by atoms with E-state index in [1.165, 1.54) is 29.5 Å². The van der Waals surface area contributed by atoms with Crippen LogP contribution in [0, 0.1) is 17.5 Å². The molecule has 0 unspecified atom stereocenters. The Kier molecular flexibility index (Phi) is 3.96. The molecule has 0 fully saturated rings. The first-order valence-corrected chi connectivity index (χ1v) is 8.21. The molecule has 4 aromatic rings. The molecule has 0 radical (unpaired) electrons. The lowest BCUT2D eigenvalue weighted by Crippen LogP contribution is -2.05. The van der Waals surface area contributed by atoms with E-state index in [2.05, 4.69) is 5.16 Å². The maximum atomic E-state index is 13.4. The predicted molar refractivity (Wildman–Crippen MR) is 88.6 cm³/mol. The quantitative estimate of drug-likeness (QED) is 0.281. The van der Waals surface area contributed by atoms with Crippen molar-refractivity contribution in [1.82, 2.24) is 5.16 Å². The minimum Gasteiger partial charge on any atom is -0.422 e. The molecule has 2 aromatic carbocycles. The number of rotatable bonds is 3. The van der Waals surface area contributed by atoms with E-state index in [4.69, 9.17) is 9.26 Å². The van der Waals surface area contributed by atoms with Gasteiger partial charge in [-0.1, -0.05) is 11.2 Å². The van der Waals surface area contributed by atoms with E-state index in [1.807, 2.05) is 0 Å². The molecule has 0 bridgehead atoms. The topological polar surface area (TPSA) is 52.3 Å². The van der Waals surface area contributed by atoms with E-state index in [-0.39, 0.29) is 22.6 Å². The Morgan fingerprint density at radius 3 is 2.54 bits per heavy atom. The molecule has 2 heterocycles. The zero-order chi connectivity index (χ0) is 18.3. The average Bonchev–Trinajstić information content (AvgIpc) is 3.28. The summed E-state index contributed by atoms with van der Waals surface area (Å²) >= 11 is 1.25. The molecule has 0 aliphatic rings. The highest BCUT2D eigenvalue weighted by atomic mass is 32.1. The van der Waals surface area contributed by atoms with Crippen molar-refractivity contribution >= 4 is 28.3 Å². The van der Waals surface area contributed by atoms with Crippen LogP contribution in [0.2, 0.25) is 0 Å². The van der Waals surface area contributed by atoms with Gasteiger partial charge in [-0.15, -0.1) is 11.3 Å². The fraction of sp³-hybridized carbons (Fsp3) is 0. The Balaban J connectivity index is 1.69. The van der Waals surface area contributed by atoms with Crippen LogP contribution in [0.4, 0.5) is 13.2 Å². The highest BCUT2D eigenvalue weighted by Crippen LogP contribution is 2.32. The first-order valence-electron chi connectivity index (χ1n) is 7.33. The first-order chi connectivity index (χ1) is 12.5. The zero-order valence-corrected chi connectivity index (χ0v) is 13.6. The molecular weight excluding hydrogens is 367 g/mol. The second-order valence-electron chi connectivity index (χ2n) is 5.31. The summed E-state index contributed by atoms with van der Waals surface area (Å²) < 4.78 is 50.4. The number of fused-ring (bicyclic) bond motifs is 1. The molecule has 0 saturated carbocycles. The molecule has 2 aromatic heterocycles. The number of halogens is 3. The smallest absolute Gasteiger partial charge is 0.353 e. The lowest BCUT2D eigenvalue weighted by molar-refractivity contribution is 0.0740. The average molecular weight is 375 g/mol. The highest BCUT2D eigenvalue weighted by molar-refractivity contribution is 7.12. The molecule has 130 valence electrons. The van der Waals surface area contributed by atoms with Crippen molar-refractivity contribution in [1.29, 1.82) is 0 Å². The van der Waals surface area contributed by atoms with Gasteiger partial charge in [0.2, 0.25) is 0 Å². The Labute approximate surface area is 148 Å². The third-order valence-corrected chi connectivity index (χ3v) is 4.48. The molecule has 0 spiro atoms. The predicted octanol–water partition coefficient (Wildman–Crippen LogP) is 5.19. The van der Waals surface area contributed by atoms with Crippen molar-refractivity contribution < 1.29 is 27.2 Å². The van der Waals surface area contributed by atoms with Gasteiger partial charge in [0.25, 0.3) is 0 Å². The number of hydrogen-bond acceptors (Lipinski definition) is 5. The Bertz CT molecular complexity index is 1100. The van der Waals surface area contributed by atoms with Gasteiger partial charge in [0.05, 0.1) is 0 Å². The third-order valence-electron chi connectivity index (χ3n) is 3.63. The van der Waals surface area contributed by atoms with Crippen LogP contribution >= 0.6 is 11.3 Å².